The van der Waals surface area contributed by atoms with Gasteiger partial charge < -0.3 is 9.42 Å². The van der Waals surface area contributed by atoms with Gasteiger partial charge in [-0.3, -0.25) is 9.36 Å². The number of hydrogen-bond donors (Lipinski definition) is 1. The monoisotopic (exact) mass is 322 g/mol. The zero-order valence-electron chi connectivity index (χ0n) is 13.0. The molecule has 1 rings (SSSR count). The minimum absolute atomic E-state index is 0.00531. The van der Waals surface area contributed by atoms with E-state index in [1.54, 1.807) is 4.90 Å². The Labute approximate surface area is 127 Å². The van der Waals surface area contributed by atoms with Gasteiger partial charge in [0.1, 0.15) is 0 Å². The molecule has 0 aromatic heterocycles. The van der Waals surface area contributed by atoms with Gasteiger partial charge in [-0.25, -0.2) is 4.67 Å². The summed E-state index contributed by atoms with van der Waals surface area (Å²) in [4.78, 5) is 13.4. The number of carbonyl (C=O) groups is 1. The average molecular weight is 322 g/mol. The van der Waals surface area contributed by atoms with E-state index in [9.17, 15) is 9.36 Å². The Morgan fingerprint density at radius 1 is 1.25 bits per heavy atom. The summed E-state index contributed by atoms with van der Waals surface area (Å²) in [7, 11) is -2.76. The van der Waals surface area contributed by atoms with Crippen LogP contribution >= 0.6 is 20.1 Å². The van der Waals surface area contributed by atoms with Gasteiger partial charge >= 0.3 is 0 Å². The number of rotatable bonds is 5. The molecular formula is C13H27N2O3PS. The number of thiol groups is 1. The molecule has 1 aliphatic rings. The van der Waals surface area contributed by atoms with Gasteiger partial charge in [0.15, 0.2) is 0 Å². The molecule has 0 aromatic carbocycles. The van der Waals surface area contributed by atoms with E-state index in [1.165, 1.54) is 0 Å². The Bertz CT molecular complexity index is 376. The first kappa shape index (κ1) is 18.0. The number of nitrogens with zero attached hydrogens (tertiary/aromatic N) is 2. The van der Waals surface area contributed by atoms with Crippen molar-refractivity contribution in [1.29, 1.82) is 0 Å². The van der Waals surface area contributed by atoms with Gasteiger partial charge in [0.2, 0.25) is 5.91 Å². The molecule has 0 aromatic rings. The van der Waals surface area contributed by atoms with Crippen LogP contribution in [0.15, 0.2) is 0 Å². The lowest BCUT2D eigenvalue weighted by Gasteiger charge is -2.38. The van der Waals surface area contributed by atoms with Crippen molar-refractivity contribution in [3.8, 4) is 0 Å². The van der Waals surface area contributed by atoms with Crippen molar-refractivity contribution in [3.05, 3.63) is 0 Å². The molecule has 20 heavy (non-hydrogen) atoms. The smallest absolute Gasteiger partial charge is 0.272 e. The fourth-order valence-corrected chi connectivity index (χ4v) is 4.34. The summed E-state index contributed by atoms with van der Waals surface area (Å²) in [6, 6.07) is 0. The second kappa shape index (κ2) is 7.30. The van der Waals surface area contributed by atoms with Crippen LogP contribution in [0.5, 0.6) is 0 Å². The molecule has 1 fully saturated rings. The number of piperazine rings is 1. The fourth-order valence-electron chi connectivity index (χ4n) is 2.02. The van der Waals surface area contributed by atoms with E-state index in [2.05, 4.69) is 33.4 Å². The number of amides is 1. The maximum absolute atomic E-state index is 12.9. The van der Waals surface area contributed by atoms with Crippen molar-refractivity contribution >= 4 is 26.1 Å². The van der Waals surface area contributed by atoms with Crippen LogP contribution in [-0.2, 0) is 13.9 Å². The predicted molar refractivity (Wildman–Crippen MR) is 85.6 cm³/mol. The first-order valence-corrected chi connectivity index (χ1v) is 9.49. The molecule has 1 saturated heterocycles. The Kier molecular flexibility index (Phi) is 6.58. The standard InChI is InChI=1S/C13H27N2O3PS/c1-5-19(17,18-11-13(2,3)4)15-8-6-14(7-9-15)12(16)10-20/h20H,5-11H2,1-4H3. The lowest BCUT2D eigenvalue weighted by atomic mass is 9.99. The van der Waals surface area contributed by atoms with Crippen molar-refractivity contribution < 1.29 is 13.9 Å². The second-order valence-corrected chi connectivity index (χ2v) is 9.33. The van der Waals surface area contributed by atoms with Gasteiger partial charge in [0.05, 0.1) is 12.4 Å². The van der Waals surface area contributed by atoms with Gasteiger partial charge in [-0.15, -0.1) is 0 Å². The Morgan fingerprint density at radius 2 is 1.80 bits per heavy atom. The quantitative estimate of drug-likeness (QED) is 0.623. The van der Waals surface area contributed by atoms with Gasteiger partial charge in [-0.1, -0.05) is 27.7 Å². The zero-order valence-corrected chi connectivity index (χ0v) is 14.8. The third-order valence-electron chi connectivity index (χ3n) is 3.27. The third-order valence-corrected chi connectivity index (χ3v) is 6.14. The summed E-state index contributed by atoms with van der Waals surface area (Å²) in [6.45, 7) is 11.0. The molecule has 1 atom stereocenters. The van der Waals surface area contributed by atoms with Crippen LogP contribution in [0.2, 0.25) is 0 Å². The molecule has 1 unspecified atom stereocenters. The van der Waals surface area contributed by atoms with E-state index in [0.29, 0.717) is 38.9 Å². The first-order chi connectivity index (χ1) is 9.22. The molecular weight excluding hydrogens is 295 g/mol. The minimum Gasteiger partial charge on any atom is -0.339 e. The maximum atomic E-state index is 12.9. The molecule has 7 heteroatoms. The molecule has 1 aliphatic heterocycles. The van der Waals surface area contributed by atoms with Crippen LogP contribution in [0.25, 0.3) is 0 Å². The van der Waals surface area contributed by atoms with Crippen LogP contribution in [-0.4, -0.2) is 60.2 Å². The summed E-state index contributed by atoms with van der Waals surface area (Å²) in [5, 5.41) is 0. The lowest BCUT2D eigenvalue weighted by Crippen LogP contribution is -2.48. The largest absolute Gasteiger partial charge is 0.339 e. The Morgan fingerprint density at radius 3 is 2.20 bits per heavy atom. The van der Waals surface area contributed by atoms with Crippen LogP contribution in [0.3, 0.4) is 0 Å². The summed E-state index contributed by atoms with van der Waals surface area (Å²) < 4.78 is 20.6. The highest BCUT2D eigenvalue weighted by atomic mass is 32.1. The van der Waals surface area contributed by atoms with E-state index >= 15 is 0 Å². The van der Waals surface area contributed by atoms with Gasteiger partial charge in [-0.2, -0.15) is 12.6 Å². The van der Waals surface area contributed by atoms with Crippen LogP contribution in [0.1, 0.15) is 27.7 Å². The van der Waals surface area contributed by atoms with Crippen molar-refractivity contribution in [2.75, 3.05) is 44.7 Å². The first-order valence-electron chi connectivity index (χ1n) is 7.09. The maximum Gasteiger partial charge on any atom is 0.272 e. The molecule has 0 N–H and O–H groups in total. The fraction of sp³-hybridized carbons (Fsp3) is 0.923. The summed E-state index contributed by atoms with van der Waals surface area (Å²) in [6.07, 6.45) is 0.504. The van der Waals surface area contributed by atoms with Gasteiger partial charge in [0, 0.05) is 32.3 Å². The zero-order chi connectivity index (χ0) is 15.4. The topological polar surface area (TPSA) is 49.9 Å². The summed E-state index contributed by atoms with van der Waals surface area (Å²) >= 11 is 4.00. The number of carbonyl (C=O) groups excluding carboxylic acids is 1. The minimum atomic E-state index is -2.76. The van der Waals surface area contributed by atoms with Crippen molar-refractivity contribution in [1.82, 2.24) is 9.57 Å². The van der Waals surface area contributed by atoms with Crippen LogP contribution < -0.4 is 0 Å². The van der Waals surface area contributed by atoms with E-state index in [1.807, 2.05) is 11.6 Å². The van der Waals surface area contributed by atoms with E-state index in [4.69, 9.17) is 4.52 Å². The van der Waals surface area contributed by atoms with Crippen LogP contribution in [0, 0.1) is 5.41 Å². The second-order valence-electron chi connectivity index (χ2n) is 6.28. The van der Waals surface area contributed by atoms with E-state index in [0.717, 1.165) is 0 Å². The average Bonchev–Trinajstić information content (AvgIpc) is 2.43. The Hall–Kier alpha value is -0.0300. The summed E-state index contributed by atoms with van der Waals surface area (Å²) in [5.41, 5.74) is -0.00531. The molecule has 118 valence electrons. The number of hydrogen-bond acceptors (Lipinski definition) is 4. The van der Waals surface area contributed by atoms with E-state index in [-0.39, 0.29) is 17.1 Å². The SMILES string of the molecule is CCP(=O)(OCC(C)(C)C)N1CCN(C(=O)CS)CC1. The van der Waals surface area contributed by atoms with Crippen molar-refractivity contribution in [2.45, 2.75) is 27.7 Å². The van der Waals surface area contributed by atoms with Crippen LogP contribution in [0.4, 0.5) is 0 Å². The normalized spacial score (nSPS) is 20.8. The van der Waals surface area contributed by atoms with Crippen molar-refractivity contribution in [2.24, 2.45) is 5.41 Å². The molecule has 1 heterocycles. The molecule has 0 spiro atoms. The van der Waals surface area contributed by atoms with Gasteiger partial charge in [0.25, 0.3) is 7.52 Å². The molecule has 0 bridgehead atoms. The molecule has 0 radical (unpaired) electrons. The highest BCUT2D eigenvalue weighted by Gasteiger charge is 2.34. The molecule has 0 aliphatic carbocycles. The van der Waals surface area contributed by atoms with E-state index < -0.39 is 7.52 Å². The van der Waals surface area contributed by atoms with Crippen molar-refractivity contribution in [3.63, 3.8) is 0 Å². The predicted octanol–water partition coefficient (Wildman–Crippen LogP) is 2.34. The molecule has 1 amide bonds. The summed E-state index contributed by atoms with van der Waals surface area (Å²) in [5.74, 6) is 0.265. The van der Waals surface area contributed by atoms with Gasteiger partial charge in [-0.05, 0) is 5.41 Å². The molecule has 0 saturated carbocycles. The highest BCUT2D eigenvalue weighted by Crippen LogP contribution is 2.51. The highest BCUT2D eigenvalue weighted by molar-refractivity contribution is 7.81. The Balaban J connectivity index is 2.60. The molecule has 5 nitrogen and oxygen atoms in total. The third kappa shape index (κ3) is 5.06. The lowest BCUT2D eigenvalue weighted by molar-refractivity contribution is -0.129.